The van der Waals surface area contributed by atoms with E-state index in [0.717, 1.165) is 11.3 Å². The Morgan fingerprint density at radius 1 is 1.30 bits per heavy atom. The number of carbonyl (C=O) groups excluding carboxylic acids is 1. The lowest BCUT2D eigenvalue weighted by Crippen LogP contribution is -2.00. The van der Waals surface area contributed by atoms with Gasteiger partial charge >= 0.3 is 0 Å². The number of ether oxygens (including phenoxy) is 2. The fourth-order valence-electron chi connectivity index (χ4n) is 1.70. The molecule has 1 aliphatic heterocycles. The topological polar surface area (TPSA) is 68.1 Å². The molecule has 0 atom stereocenters. The smallest absolute Gasteiger partial charge is 0.231 e. The first kappa shape index (κ1) is 13.9. The average molecular weight is 273 g/mol. The summed E-state index contributed by atoms with van der Waals surface area (Å²) in [5.41, 5.74) is 1.10. The number of rotatable bonds is 4. The molecule has 2 rings (SSSR count). The van der Waals surface area contributed by atoms with Crippen molar-refractivity contribution in [2.75, 3.05) is 6.79 Å². The number of fused-ring (bicyclic) bond motifs is 1. The van der Waals surface area contributed by atoms with Crippen LogP contribution in [0.15, 0.2) is 40.7 Å². The molecular formula is C15H15NO4. The molecule has 1 aromatic carbocycles. The summed E-state index contributed by atoms with van der Waals surface area (Å²) < 4.78 is 10.5. The second-order valence-electron chi connectivity index (χ2n) is 4.26. The Kier molecular flexibility index (Phi) is 4.20. The Hall–Kier alpha value is -2.56. The van der Waals surface area contributed by atoms with Crippen molar-refractivity contribution in [1.82, 2.24) is 0 Å². The molecule has 0 fully saturated rings. The van der Waals surface area contributed by atoms with Gasteiger partial charge in [0, 0.05) is 12.4 Å². The maximum absolute atomic E-state index is 11.2. The standard InChI is InChI=1S/C15H15NO4/c1-10(17)13(11(2)18)8-16-6-5-12-3-4-14-15(7-12)20-9-19-14/h3-8,17H,9H2,1-2H3/b6-5+,13-10+,16-8+. The number of hydrogen-bond donors (Lipinski definition) is 1. The highest BCUT2D eigenvalue weighted by Crippen LogP contribution is 2.32. The van der Waals surface area contributed by atoms with Crippen LogP contribution in [0.25, 0.3) is 6.08 Å². The van der Waals surface area contributed by atoms with E-state index in [1.807, 2.05) is 18.2 Å². The minimum Gasteiger partial charge on any atom is -0.512 e. The molecule has 0 spiro atoms. The van der Waals surface area contributed by atoms with E-state index in [-0.39, 0.29) is 23.9 Å². The second kappa shape index (κ2) is 6.06. The molecule has 0 saturated heterocycles. The molecular weight excluding hydrogens is 258 g/mol. The molecule has 1 aliphatic rings. The SMILES string of the molecule is CC(=O)C(/C=N/C=C/c1ccc2c(c1)OCO2)=C(\C)O. The maximum atomic E-state index is 11.2. The summed E-state index contributed by atoms with van der Waals surface area (Å²) in [5, 5.41) is 9.32. The lowest BCUT2D eigenvalue weighted by atomic mass is 10.2. The highest BCUT2D eigenvalue weighted by molar-refractivity contribution is 6.12. The molecule has 1 aromatic rings. The third-order valence-electron chi connectivity index (χ3n) is 2.72. The number of nitrogens with zero attached hydrogens (tertiary/aromatic N) is 1. The predicted octanol–water partition coefficient (Wildman–Crippen LogP) is 2.88. The van der Waals surface area contributed by atoms with Gasteiger partial charge in [0.05, 0.1) is 5.57 Å². The largest absolute Gasteiger partial charge is 0.512 e. The van der Waals surface area contributed by atoms with Crippen molar-refractivity contribution in [2.45, 2.75) is 13.8 Å². The van der Waals surface area contributed by atoms with Crippen LogP contribution >= 0.6 is 0 Å². The van der Waals surface area contributed by atoms with E-state index in [9.17, 15) is 9.90 Å². The van der Waals surface area contributed by atoms with E-state index in [1.165, 1.54) is 20.1 Å². The maximum Gasteiger partial charge on any atom is 0.231 e. The van der Waals surface area contributed by atoms with Crippen molar-refractivity contribution in [3.8, 4) is 11.5 Å². The Labute approximate surface area is 116 Å². The van der Waals surface area contributed by atoms with Crippen molar-refractivity contribution < 1.29 is 19.4 Å². The summed E-state index contributed by atoms with van der Waals surface area (Å²) >= 11 is 0. The lowest BCUT2D eigenvalue weighted by molar-refractivity contribution is -0.113. The molecule has 0 bridgehead atoms. The number of ketones is 1. The molecule has 0 saturated carbocycles. The van der Waals surface area contributed by atoms with Crippen LogP contribution in [0.2, 0.25) is 0 Å². The molecule has 5 heteroatoms. The van der Waals surface area contributed by atoms with E-state index < -0.39 is 0 Å². The monoisotopic (exact) mass is 273 g/mol. The van der Waals surface area contributed by atoms with Gasteiger partial charge in [-0.2, -0.15) is 0 Å². The van der Waals surface area contributed by atoms with Crippen molar-refractivity contribution in [1.29, 1.82) is 0 Å². The normalized spacial score (nSPS) is 14.9. The first-order valence-electron chi connectivity index (χ1n) is 6.08. The van der Waals surface area contributed by atoms with E-state index in [1.54, 1.807) is 12.3 Å². The predicted molar refractivity (Wildman–Crippen MR) is 76.1 cm³/mol. The van der Waals surface area contributed by atoms with Gasteiger partial charge in [0.2, 0.25) is 6.79 Å². The quantitative estimate of drug-likeness (QED) is 0.520. The van der Waals surface area contributed by atoms with Crippen LogP contribution in [0.1, 0.15) is 19.4 Å². The Morgan fingerprint density at radius 3 is 2.75 bits per heavy atom. The van der Waals surface area contributed by atoms with Gasteiger partial charge in [-0.1, -0.05) is 6.07 Å². The van der Waals surface area contributed by atoms with Crippen molar-refractivity contribution in [3.05, 3.63) is 41.3 Å². The number of aliphatic imine (C=N–C) groups is 1. The summed E-state index contributed by atoms with van der Waals surface area (Å²) in [7, 11) is 0. The first-order chi connectivity index (χ1) is 9.58. The number of Topliss-reactive ketones (excluding diaryl/α,β-unsaturated/α-hetero) is 1. The van der Waals surface area contributed by atoms with Crippen molar-refractivity contribution >= 4 is 18.1 Å². The fraction of sp³-hybridized carbons (Fsp3) is 0.200. The fourth-order valence-corrected chi connectivity index (χ4v) is 1.70. The molecule has 0 amide bonds. The molecule has 5 nitrogen and oxygen atoms in total. The zero-order chi connectivity index (χ0) is 14.5. The number of allylic oxidation sites excluding steroid dienone is 2. The summed E-state index contributed by atoms with van der Waals surface area (Å²) in [6.07, 6.45) is 4.65. The van der Waals surface area contributed by atoms with Gasteiger partial charge in [-0.3, -0.25) is 9.79 Å². The number of hydrogen-bond acceptors (Lipinski definition) is 5. The summed E-state index contributed by atoms with van der Waals surface area (Å²) in [4.78, 5) is 15.2. The Morgan fingerprint density at radius 2 is 2.05 bits per heavy atom. The lowest BCUT2D eigenvalue weighted by Gasteiger charge is -1.97. The van der Waals surface area contributed by atoms with Gasteiger partial charge in [0.25, 0.3) is 0 Å². The van der Waals surface area contributed by atoms with Gasteiger partial charge in [0.15, 0.2) is 17.3 Å². The molecule has 0 unspecified atom stereocenters. The van der Waals surface area contributed by atoms with Gasteiger partial charge in [-0.15, -0.1) is 0 Å². The number of aliphatic hydroxyl groups is 1. The zero-order valence-electron chi connectivity index (χ0n) is 11.3. The highest BCUT2D eigenvalue weighted by atomic mass is 16.7. The van der Waals surface area contributed by atoms with Gasteiger partial charge in [0.1, 0.15) is 5.76 Å². The molecule has 1 N–H and O–H groups in total. The Balaban J connectivity index is 2.07. The van der Waals surface area contributed by atoms with Gasteiger partial charge in [-0.05, 0) is 37.6 Å². The molecule has 0 aliphatic carbocycles. The molecule has 104 valence electrons. The van der Waals surface area contributed by atoms with Crippen LogP contribution in [0.3, 0.4) is 0 Å². The number of carbonyl (C=O) groups is 1. The average Bonchev–Trinajstić information content (AvgIpc) is 2.84. The van der Waals surface area contributed by atoms with E-state index in [2.05, 4.69) is 4.99 Å². The van der Waals surface area contributed by atoms with E-state index in [4.69, 9.17) is 9.47 Å². The zero-order valence-corrected chi connectivity index (χ0v) is 11.3. The van der Waals surface area contributed by atoms with Crippen LogP contribution in [-0.2, 0) is 4.79 Å². The Bertz CT molecular complexity index is 610. The van der Waals surface area contributed by atoms with Crippen LogP contribution in [0, 0.1) is 0 Å². The van der Waals surface area contributed by atoms with Gasteiger partial charge < -0.3 is 14.6 Å². The summed E-state index contributed by atoms with van der Waals surface area (Å²) in [6, 6.07) is 5.54. The van der Waals surface area contributed by atoms with Crippen LogP contribution in [0.5, 0.6) is 11.5 Å². The third-order valence-corrected chi connectivity index (χ3v) is 2.72. The number of benzene rings is 1. The van der Waals surface area contributed by atoms with E-state index in [0.29, 0.717) is 5.75 Å². The van der Waals surface area contributed by atoms with Crippen molar-refractivity contribution in [3.63, 3.8) is 0 Å². The van der Waals surface area contributed by atoms with Crippen LogP contribution in [0.4, 0.5) is 0 Å². The highest BCUT2D eigenvalue weighted by Gasteiger charge is 2.12. The molecule has 1 heterocycles. The summed E-state index contributed by atoms with van der Waals surface area (Å²) in [5.74, 6) is 1.15. The third kappa shape index (κ3) is 3.26. The molecule has 0 aromatic heterocycles. The minimum atomic E-state index is -0.231. The van der Waals surface area contributed by atoms with E-state index >= 15 is 0 Å². The minimum absolute atomic E-state index is 0.0438. The first-order valence-corrected chi connectivity index (χ1v) is 6.08. The molecule has 0 radical (unpaired) electrons. The number of aliphatic hydroxyl groups excluding tert-OH is 1. The van der Waals surface area contributed by atoms with Crippen molar-refractivity contribution in [2.24, 2.45) is 4.99 Å². The molecule has 20 heavy (non-hydrogen) atoms. The summed E-state index contributed by atoms with van der Waals surface area (Å²) in [6.45, 7) is 3.07. The van der Waals surface area contributed by atoms with Crippen LogP contribution < -0.4 is 9.47 Å². The van der Waals surface area contributed by atoms with Gasteiger partial charge in [-0.25, -0.2) is 0 Å². The van der Waals surface area contributed by atoms with Crippen LogP contribution in [-0.4, -0.2) is 23.9 Å². The second-order valence-corrected chi connectivity index (χ2v) is 4.26.